The molecule has 2 rings (SSSR count). The van der Waals surface area contributed by atoms with Crippen molar-refractivity contribution in [2.45, 2.75) is 17.1 Å². The Morgan fingerprint density at radius 1 is 1.50 bits per heavy atom. The second-order valence-corrected chi connectivity index (χ2v) is 4.13. The number of nitrogens with zero attached hydrogens (tertiary/aromatic N) is 4. The highest BCUT2D eigenvalue weighted by atomic mass is 35.5. The molecule has 2 aromatic rings. The zero-order valence-electron chi connectivity index (χ0n) is 8.14. The highest BCUT2D eigenvalue weighted by molar-refractivity contribution is 7.99. The fourth-order valence-electron chi connectivity index (χ4n) is 1.03. The Morgan fingerprint density at radius 3 is 2.94 bits per heavy atom. The summed E-state index contributed by atoms with van der Waals surface area (Å²) in [7, 11) is 0. The van der Waals surface area contributed by atoms with Crippen LogP contribution in [0.25, 0.3) is 0 Å². The normalized spacial score (nSPS) is 10.4. The zero-order valence-corrected chi connectivity index (χ0v) is 9.71. The van der Waals surface area contributed by atoms with Crippen molar-refractivity contribution in [3.05, 3.63) is 22.9 Å². The summed E-state index contributed by atoms with van der Waals surface area (Å²) in [5, 5.41) is 7.50. The first-order chi connectivity index (χ1) is 7.70. The van der Waals surface area contributed by atoms with Crippen molar-refractivity contribution < 1.29 is 4.79 Å². The van der Waals surface area contributed by atoms with Gasteiger partial charge in [-0.3, -0.25) is 9.89 Å². The van der Waals surface area contributed by atoms with Crippen LogP contribution < -0.4 is 0 Å². The predicted molar refractivity (Wildman–Crippen MR) is 57.7 cm³/mol. The van der Waals surface area contributed by atoms with Gasteiger partial charge in [0.15, 0.2) is 11.4 Å². The number of halogens is 1. The number of rotatable bonds is 3. The van der Waals surface area contributed by atoms with Crippen molar-refractivity contribution in [3.8, 4) is 0 Å². The third-order valence-electron chi connectivity index (χ3n) is 1.68. The van der Waals surface area contributed by atoms with Crippen LogP contribution in [-0.4, -0.2) is 31.4 Å². The van der Waals surface area contributed by atoms with Gasteiger partial charge in [0.25, 0.3) is 0 Å². The maximum absolute atomic E-state index is 10.9. The molecule has 0 fully saturated rings. The minimum Gasteiger partial charge on any atom is -0.298 e. The van der Waals surface area contributed by atoms with Crippen LogP contribution in [0, 0.1) is 6.92 Å². The summed E-state index contributed by atoms with van der Waals surface area (Å²) in [6.45, 7) is 1.70. The molecular formula is C8H6ClN5OS. The second kappa shape index (κ2) is 4.58. The molecule has 2 aromatic heterocycles. The Morgan fingerprint density at radius 2 is 2.31 bits per heavy atom. The van der Waals surface area contributed by atoms with Crippen molar-refractivity contribution in [1.82, 2.24) is 25.1 Å². The zero-order chi connectivity index (χ0) is 11.5. The van der Waals surface area contributed by atoms with Gasteiger partial charge in [-0.1, -0.05) is 11.6 Å². The monoisotopic (exact) mass is 255 g/mol. The summed E-state index contributed by atoms with van der Waals surface area (Å²) in [4.78, 5) is 22.8. The van der Waals surface area contributed by atoms with Crippen molar-refractivity contribution in [3.63, 3.8) is 0 Å². The summed E-state index contributed by atoms with van der Waals surface area (Å²) >= 11 is 7.01. The third kappa shape index (κ3) is 2.20. The molecule has 0 bridgehead atoms. The van der Waals surface area contributed by atoms with Gasteiger partial charge in [-0.2, -0.15) is 5.10 Å². The van der Waals surface area contributed by atoms with Crippen molar-refractivity contribution >= 4 is 29.6 Å². The lowest BCUT2D eigenvalue weighted by Crippen LogP contribution is -1.98. The molecule has 0 aliphatic rings. The van der Waals surface area contributed by atoms with Gasteiger partial charge in [0.1, 0.15) is 22.3 Å². The molecule has 0 saturated carbocycles. The molecule has 0 unspecified atom stereocenters. The fraction of sp³-hybridized carbons (Fsp3) is 0.125. The van der Waals surface area contributed by atoms with E-state index < -0.39 is 0 Å². The number of H-pyrrole nitrogens is 1. The molecule has 82 valence electrons. The van der Waals surface area contributed by atoms with Crippen LogP contribution in [0.15, 0.2) is 16.5 Å². The molecule has 0 aliphatic heterocycles. The van der Waals surface area contributed by atoms with E-state index in [4.69, 9.17) is 11.6 Å². The van der Waals surface area contributed by atoms with E-state index in [0.717, 1.165) is 0 Å². The van der Waals surface area contributed by atoms with Gasteiger partial charge in [0.2, 0.25) is 0 Å². The van der Waals surface area contributed by atoms with E-state index in [9.17, 15) is 4.79 Å². The molecule has 0 amide bonds. The Hall–Kier alpha value is -1.47. The predicted octanol–water partition coefficient (Wildman–Crippen LogP) is 1.52. The maximum atomic E-state index is 10.9. The largest absolute Gasteiger partial charge is 0.298 e. The number of aromatic nitrogens is 5. The van der Waals surface area contributed by atoms with Gasteiger partial charge in [-0.25, -0.2) is 15.0 Å². The maximum Gasteiger partial charge on any atom is 0.189 e. The molecule has 0 spiro atoms. The quantitative estimate of drug-likeness (QED) is 0.661. The molecule has 16 heavy (non-hydrogen) atoms. The van der Waals surface area contributed by atoms with Gasteiger partial charge < -0.3 is 0 Å². The van der Waals surface area contributed by atoms with Crippen LogP contribution in [-0.2, 0) is 0 Å². The minimum absolute atomic E-state index is 0.143. The third-order valence-corrected chi connectivity index (χ3v) is 2.86. The van der Waals surface area contributed by atoms with E-state index in [2.05, 4.69) is 25.1 Å². The first-order valence-electron chi connectivity index (χ1n) is 4.23. The van der Waals surface area contributed by atoms with Crippen LogP contribution in [0.3, 0.4) is 0 Å². The fourth-order valence-corrected chi connectivity index (χ4v) is 2.16. The van der Waals surface area contributed by atoms with E-state index in [0.29, 0.717) is 22.3 Å². The van der Waals surface area contributed by atoms with E-state index in [-0.39, 0.29) is 10.7 Å². The van der Waals surface area contributed by atoms with Crippen LogP contribution >= 0.6 is 23.4 Å². The summed E-state index contributed by atoms with van der Waals surface area (Å²) in [5.41, 5.74) is 0.258. The molecule has 2 heterocycles. The lowest BCUT2D eigenvalue weighted by Gasteiger charge is -2.03. The molecule has 0 atom stereocenters. The first-order valence-corrected chi connectivity index (χ1v) is 5.42. The molecule has 6 nitrogen and oxygen atoms in total. The van der Waals surface area contributed by atoms with Crippen molar-refractivity contribution in [1.29, 1.82) is 0 Å². The Labute approximate surface area is 99.9 Å². The summed E-state index contributed by atoms with van der Waals surface area (Å²) < 4.78 is 0. The lowest BCUT2D eigenvalue weighted by atomic mass is 10.4. The van der Waals surface area contributed by atoms with Gasteiger partial charge in [0.05, 0.1) is 5.56 Å². The van der Waals surface area contributed by atoms with Crippen LogP contribution in [0.1, 0.15) is 16.2 Å². The number of hydrogen-bond donors (Lipinski definition) is 1. The minimum atomic E-state index is 0.143. The van der Waals surface area contributed by atoms with Gasteiger partial charge in [-0.05, 0) is 18.7 Å². The van der Waals surface area contributed by atoms with E-state index in [1.165, 1.54) is 18.1 Å². The van der Waals surface area contributed by atoms with E-state index >= 15 is 0 Å². The standard InChI is InChI=1S/C8H6ClN5OS/c1-4-12-6(9)5(2-15)7(13-4)16-8-10-3-11-14-8/h2-3H,1H3,(H,10,11,14). The van der Waals surface area contributed by atoms with Gasteiger partial charge in [-0.15, -0.1) is 0 Å². The van der Waals surface area contributed by atoms with Crippen LogP contribution in [0.4, 0.5) is 0 Å². The van der Waals surface area contributed by atoms with Crippen LogP contribution in [0.5, 0.6) is 0 Å². The second-order valence-electron chi connectivity index (χ2n) is 2.79. The molecular weight excluding hydrogens is 250 g/mol. The SMILES string of the molecule is Cc1nc(Cl)c(C=O)c(Sc2ncn[nH]2)n1. The van der Waals surface area contributed by atoms with Gasteiger partial charge >= 0.3 is 0 Å². The lowest BCUT2D eigenvalue weighted by molar-refractivity contribution is 0.112. The Bertz CT molecular complexity index is 515. The average Bonchev–Trinajstić information content (AvgIpc) is 2.70. The Kier molecular flexibility index (Phi) is 3.16. The smallest absolute Gasteiger partial charge is 0.189 e. The van der Waals surface area contributed by atoms with Crippen molar-refractivity contribution in [2.24, 2.45) is 0 Å². The number of aldehydes is 1. The molecule has 0 aliphatic carbocycles. The van der Waals surface area contributed by atoms with E-state index in [1.54, 1.807) is 6.92 Å². The van der Waals surface area contributed by atoms with Gasteiger partial charge in [0, 0.05) is 0 Å². The average molecular weight is 256 g/mol. The molecule has 8 heteroatoms. The van der Waals surface area contributed by atoms with Crippen molar-refractivity contribution in [2.75, 3.05) is 0 Å². The number of nitrogens with one attached hydrogen (secondary N) is 1. The summed E-state index contributed by atoms with van der Waals surface area (Å²) in [5.74, 6) is 0.498. The van der Waals surface area contributed by atoms with E-state index in [1.807, 2.05) is 0 Å². The first kappa shape index (κ1) is 11.0. The number of hydrogen-bond acceptors (Lipinski definition) is 6. The number of carbonyl (C=O) groups excluding carboxylic acids is 1. The topological polar surface area (TPSA) is 84.4 Å². The number of aryl methyl sites for hydroxylation is 1. The highest BCUT2D eigenvalue weighted by Crippen LogP contribution is 2.27. The summed E-state index contributed by atoms with van der Waals surface area (Å²) in [6, 6.07) is 0. The van der Waals surface area contributed by atoms with Crippen LogP contribution in [0.2, 0.25) is 5.15 Å². The molecule has 1 N–H and O–H groups in total. The Balaban J connectivity index is 2.43. The molecule has 0 saturated heterocycles. The summed E-state index contributed by atoms with van der Waals surface area (Å²) in [6.07, 6.45) is 2.00. The number of aromatic amines is 1. The number of carbonyl (C=O) groups is 1. The highest BCUT2D eigenvalue weighted by Gasteiger charge is 2.13. The molecule has 0 radical (unpaired) electrons. The molecule has 0 aromatic carbocycles.